The first kappa shape index (κ1) is 22.6. The monoisotopic (exact) mass is 455 g/mol. The Morgan fingerprint density at radius 1 is 1.16 bits per heavy atom. The average Bonchev–Trinajstić information content (AvgIpc) is 3.52. The van der Waals surface area contributed by atoms with Crippen LogP contribution in [0.4, 0.5) is 0 Å². The standard InChI is InChI=1S/C21H21N3O4S.C3H8/c25-21(19-7-15-5-6-22-9-20(15)28-19)23-8-14-1-3-18(4-2-14)29(26)24-10-16-12-27-13-17(16)11-24;1-3-2/h1-7,9,16-17H,8,10-13H2,(H,23,25);3H2,1-2H3. The lowest BCUT2D eigenvalue weighted by atomic mass is 10.0. The van der Waals surface area contributed by atoms with E-state index in [4.69, 9.17) is 9.15 Å². The van der Waals surface area contributed by atoms with Crippen molar-refractivity contribution in [3.8, 4) is 0 Å². The van der Waals surface area contributed by atoms with Gasteiger partial charge in [-0.25, -0.2) is 8.51 Å². The number of nitrogens with one attached hydrogen (secondary N) is 1. The Hall–Kier alpha value is -2.55. The van der Waals surface area contributed by atoms with E-state index >= 15 is 0 Å². The Morgan fingerprint density at radius 3 is 2.50 bits per heavy atom. The third-order valence-electron chi connectivity index (χ3n) is 5.57. The number of hydrogen-bond donors (Lipinski definition) is 1. The molecule has 32 heavy (non-hydrogen) atoms. The molecule has 4 heterocycles. The van der Waals surface area contributed by atoms with Crippen LogP contribution in [0.1, 0.15) is 36.4 Å². The number of benzene rings is 1. The average molecular weight is 456 g/mol. The van der Waals surface area contributed by atoms with E-state index in [1.165, 1.54) is 6.42 Å². The highest BCUT2D eigenvalue weighted by atomic mass is 32.2. The molecule has 5 rings (SSSR count). The zero-order chi connectivity index (χ0) is 22.5. The minimum atomic E-state index is -1.16. The highest BCUT2D eigenvalue weighted by Crippen LogP contribution is 2.31. The summed E-state index contributed by atoms with van der Waals surface area (Å²) < 4.78 is 25.9. The SMILES string of the molecule is CCC.O=C(NCc1ccc(S(=O)N2CC3COCC3C2)cc1)c1cc2ccncc2o1. The molecule has 0 saturated carbocycles. The van der Waals surface area contributed by atoms with Crippen molar-refractivity contribution in [1.82, 2.24) is 14.6 Å². The molecule has 2 aliphatic heterocycles. The first-order valence-corrected chi connectivity index (χ1v) is 12.1. The molecular formula is C24H29N3O4S. The van der Waals surface area contributed by atoms with Crippen molar-refractivity contribution in [2.75, 3.05) is 26.3 Å². The molecule has 3 atom stereocenters. The maximum atomic E-state index is 12.8. The summed E-state index contributed by atoms with van der Waals surface area (Å²) in [6, 6.07) is 11.0. The number of furan rings is 1. The molecule has 8 heteroatoms. The first-order valence-electron chi connectivity index (χ1n) is 11.0. The third kappa shape index (κ3) is 5.09. The Bertz CT molecular complexity index is 1040. The molecule has 1 N–H and O–H groups in total. The van der Waals surface area contributed by atoms with E-state index < -0.39 is 11.0 Å². The number of hydrogen-bond acceptors (Lipinski definition) is 5. The van der Waals surface area contributed by atoms with E-state index in [0.717, 1.165) is 42.1 Å². The molecule has 2 fully saturated rings. The molecule has 7 nitrogen and oxygen atoms in total. The molecule has 0 aliphatic carbocycles. The van der Waals surface area contributed by atoms with E-state index in [1.54, 1.807) is 24.5 Å². The van der Waals surface area contributed by atoms with Crippen LogP contribution in [-0.2, 0) is 22.3 Å². The zero-order valence-electron chi connectivity index (χ0n) is 18.5. The minimum absolute atomic E-state index is 0.259. The predicted octanol–water partition coefficient (Wildman–Crippen LogP) is 3.77. The number of ether oxygens (including phenoxy) is 1. The Kier molecular flexibility index (Phi) is 7.34. The molecule has 0 radical (unpaired) electrons. The molecule has 3 aromatic rings. The highest BCUT2D eigenvalue weighted by Gasteiger charge is 2.39. The summed E-state index contributed by atoms with van der Waals surface area (Å²) in [5, 5.41) is 3.70. The van der Waals surface area contributed by atoms with Crippen molar-refractivity contribution in [1.29, 1.82) is 0 Å². The van der Waals surface area contributed by atoms with Gasteiger partial charge in [0, 0.05) is 43.1 Å². The molecule has 0 spiro atoms. The fraction of sp³-hybridized carbons (Fsp3) is 0.417. The molecule has 170 valence electrons. The lowest BCUT2D eigenvalue weighted by molar-refractivity contribution is 0.0925. The molecule has 3 unspecified atom stereocenters. The van der Waals surface area contributed by atoms with Gasteiger partial charge in [-0.3, -0.25) is 9.78 Å². The van der Waals surface area contributed by atoms with Gasteiger partial charge in [0.25, 0.3) is 5.91 Å². The van der Waals surface area contributed by atoms with Gasteiger partial charge in [0.2, 0.25) is 0 Å². The van der Waals surface area contributed by atoms with Crippen molar-refractivity contribution < 1.29 is 18.2 Å². The lowest BCUT2D eigenvalue weighted by Crippen LogP contribution is -2.25. The first-order chi connectivity index (χ1) is 15.6. The van der Waals surface area contributed by atoms with Gasteiger partial charge in [-0.1, -0.05) is 32.4 Å². The maximum absolute atomic E-state index is 12.8. The number of rotatable bonds is 5. The van der Waals surface area contributed by atoms with E-state index in [9.17, 15) is 9.00 Å². The molecular weight excluding hydrogens is 426 g/mol. The van der Waals surface area contributed by atoms with Crippen molar-refractivity contribution in [3.05, 3.63) is 60.1 Å². The van der Waals surface area contributed by atoms with Gasteiger partial charge in [-0.2, -0.15) is 0 Å². The number of pyridine rings is 1. The van der Waals surface area contributed by atoms with Crippen LogP contribution in [0.5, 0.6) is 0 Å². The molecule has 1 amide bonds. The number of fused-ring (bicyclic) bond motifs is 2. The normalized spacial score (nSPS) is 21.1. The van der Waals surface area contributed by atoms with Gasteiger partial charge in [0.05, 0.1) is 24.3 Å². The molecule has 2 aromatic heterocycles. The number of carbonyl (C=O) groups is 1. The quantitative estimate of drug-likeness (QED) is 0.633. The smallest absolute Gasteiger partial charge is 0.287 e. The van der Waals surface area contributed by atoms with Crippen LogP contribution in [0.3, 0.4) is 0 Å². The number of aromatic nitrogens is 1. The van der Waals surface area contributed by atoms with Crippen LogP contribution in [0.2, 0.25) is 0 Å². The maximum Gasteiger partial charge on any atom is 0.287 e. The second kappa shape index (κ2) is 10.4. The zero-order valence-corrected chi connectivity index (χ0v) is 19.3. The van der Waals surface area contributed by atoms with E-state index in [1.807, 2.05) is 28.6 Å². The van der Waals surface area contributed by atoms with E-state index in [2.05, 4.69) is 24.1 Å². The summed E-state index contributed by atoms with van der Waals surface area (Å²) in [6.45, 7) is 7.81. The second-order valence-electron chi connectivity index (χ2n) is 8.21. The van der Waals surface area contributed by atoms with Gasteiger partial charge in [0.1, 0.15) is 11.0 Å². The van der Waals surface area contributed by atoms with Crippen molar-refractivity contribution in [3.63, 3.8) is 0 Å². The van der Waals surface area contributed by atoms with Gasteiger partial charge < -0.3 is 14.5 Å². The van der Waals surface area contributed by atoms with E-state index in [0.29, 0.717) is 24.0 Å². The Labute approximate surface area is 190 Å². The van der Waals surface area contributed by atoms with Gasteiger partial charge >= 0.3 is 0 Å². The van der Waals surface area contributed by atoms with Crippen molar-refractivity contribution in [2.24, 2.45) is 11.8 Å². The summed E-state index contributed by atoms with van der Waals surface area (Å²) in [5.41, 5.74) is 1.52. The largest absolute Gasteiger partial charge is 0.449 e. The summed E-state index contributed by atoms with van der Waals surface area (Å²) in [4.78, 5) is 17.1. The number of amides is 1. The van der Waals surface area contributed by atoms with Crippen LogP contribution >= 0.6 is 0 Å². The van der Waals surface area contributed by atoms with Crippen LogP contribution in [0.25, 0.3) is 11.0 Å². The fourth-order valence-electron chi connectivity index (χ4n) is 3.92. The van der Waals surface area contributed by atoms with E-state index in [-0.39, 0.29) is 11.7 Å². The van der Waals surface area contributed by atoms with Crippen LogP contribution < -0.4 is 5.32 Å². The topological polar surface area (TPSA) is 84.7 Å². The summed E-state index contributed by atoms with van der Waals surface area (Å²) in [5.74, 6) is 0.985. The molecule has 1 aromatic carbocycles. The van der Waals surface area contributed by atoms with Crippen molar-refractivity contribution >= 4 is 27.9 Å². The Balaban J connectivity index is 0.000000775. The van der Waals surface area contributed by atoms with Gasteiger partial charge in [0.15, 0.2) is 11.3 Å². The second-order valence-corrected chi connectivity index (χ2v) is 9.70. The highest BCUT2D eigenvalue weighted by molar-refractivity contribution is 7.82. The van der Waals surface area contributed by atoms with Crippen LogP contribution in [0, 0.1) is 11.8 Å². The van der Waals surface area contributed by atoms with Gasteiger partial charge in [-0.15, -0.1) is 0 Å². The predicted molar refractivity (Wildman–Crippen MR) is 123 cm³/mol. The molecule has 0 bridgehead atoms. The lowest BCUT2D eigenvalue weighted by Gasteiger charge is -2.16. The number of carbonyl (C=O) groups excluding carboxylic acids is 1. The molecule has 2 saturated heterocycles. The fourth-order valence-corrected chi connectivity index (χ4v) is 5.24. The third-order valence-corrected chi connectivity index (χ3v) is 7.01. The summed E-state index contributed by atoms with van der Waals surface area (Å²) in [6.07, 6.45) is 4.50. The summed E-state index contributed by atoms with van der Waals surface area (Å²) in [7, 11) is -1.16. The Morgan fingerprint density at radius 2 is 1.84 bits per heavy atom. The van der Waals surface area contributed by atoms with Gasteiger partial charge in [-0.05, 0) is 29.8 Å². The molecule has 2 aliphatic rings. The van der Waals surface area contributed by atoms with Crippen molar-refractivity contribution in [2.45, 2.75) is 31.7 Å². The van der Waals surface area contributed by atoms with Crippen LogP contribution in [0.15, 0.2) is 58.1 Å². The number of nitrogens with zero attached hydrogens (tertiary/aromatic N) is 2. The van der Waals surface area contributed by atoms with Crippen LogP contribution in [-0.4, -0.2) is 45.7 Å². The summed E-state index contributed by atoms with van der Waals surface area (Å²) >= 11 is 0. The minimum Gasteiger partial charge on any atom is -0.449 e.